The van der Waals surface area contributed by atoms with E-state index < -0.39 is 0 Å². The van der Waals surface area contributed by atoms with Crippen LogP contribution in [0.25, 0.3) is 0 Å². The number of ether oxygens (including phenoxy) is 1. The third kappa shape index (κ3) is 2.44. The molecule has 12 heavy (non-hydrogen) atoms. The van der Waals surface area contributed by atoms with Crippen molar-refractivity contribution in [2.24, 2.45) is 5.73 Å². The summed E-state index contributed by atoms with van der Waals surface area (Å²) in [4.78, 5) is 2.44. The van der Waals surface area contributed by atoms with E-state index in [1.807, 2.05) is 0 Å². The quantitative estimate of drug-likeness (QED) is 0.671. The molecule has 1 fully saturated rings. The van der Waals surface area contributed by atoms with Crippen LogP contribution in [0, 0.1) is 0 Å². The summed E-state index contributed by atoms with van der Waals surface area (Å²) in [5.41, 5.74) is 5.60. The molecule has 72 valence electrons. The standard InChI is InChI=1S/C9H20N2O/c1-8(7-10)11-5-3-9(12-2)4-6-11/h8-9H,3-7,10H2,1-2H3/t8-/m0/s1. The average molecular weight is 172 g/mol. The number of likely N-dealkylation sites (tertiary alicyclic amines) is 1. The molecule has 2 N–H and O–H groups in total. The fraction of sp³-hybridized carbons (Fsp3) is 1.00. The number of hydrogen-bond donors (Lipinski definition) is 1. The van der Waals surface area contributed by atoms with Crippen LogP contribution >= 0.6 is 0 Å². The number of hydrogen-bond acceptors (Lipinski definition) is 3. The largest absolute Gasteiger partial charge is 0.381 e. The molecule has 1 rings (SSSR count). The van der Waals surface area contributed by atoms with Crippen LogP contribution in [0.15, 0.2) is 0 Å². The monoisotopic (exact) mass is 172 g/mol. The summed E-state index contributed by atoms with van der Waals surface area (Å²) in [6.07, 6.45) is 2.79. The maximum absolute atomic E-state index is 5.60. The molecule has 0 amide bonds. The van der Waals surface area contributed by atoms with Crippen molar-refractivity contribution in [2.45, 2.75) is 31.9 Å². The average Bonchev–Trinajstić information content (AvgIpc) is 2.17. The predicted molar refractivity (Wildman–Crippen MR) is 50.1 cm³/mol. The molecular formula is C9H20N2O. The van der Waals surface area contributed by atoms with Crippen LogP contribution in [-0.4, -0.2) is 43.8 Å². The second-order valence-corrected chi connectivity index (χ2v) is 3.56. The molecule has 0 bridgehead atoms. The third-order valence-electron chi connectivity index (χ3n) is 2.77. The minimum atomic E-state index is 0.478. The summed E-state index contributed by atoms with van der Waals surface area (Å²) in [7, 11) is 1.80. The lowest BCUT2D eigenvalue weighted by Gasteiger charge is -2.34. The zero-order chi connectivity index (χ0) is 8.97. The van der Waals surface area contributed by atoms with Crippen molar-refractivity contribution in [1.29, 1.82) is 0 Å². The van der Waals surface area contributed by atoms with Gasteiger partial charge in [0.05, 0.1) is 6.10 Å². The van der Waals surface area contributed by atoms with Crippen molar-refractivity contribution in [1.82, 2.24) is 4.90 Å². The maximum atomic E-state index is 5.60. The Morgan fingerprint density at radius 3 is 2.50 bits per heavy atom. The highest BCUT2D eigenvalue weighted by molar-refractivity contribution is 4.76. The summed E-state index contributed by atoms with van der Waals surface area (Å²) in [5.74, 6) is 0. The van der Waals surface area contributed by atoms with Crippen LogP contribution in [-0.2, 0) is 4.74 Å². The second-order valence-electron chi connectivity index (χ2n) is 3.56. The van der Waals surface area contributed by atoms with Crippen molar-refractivity contribution < 1.29 is 4.74 Å². The van der Waals surface area contributed by atoms with Gasteiger partial charge in [-0.15, -0.1) is 0 Å². The highest BCUT2D eigenvalue weighted by atomic mass is 16.5. The Morgan fingerprint density at radius 2 is 2.08 bits per heavy atom. The Kier molecular flexibility index (Phi) is 3.98. The van der Waals surface area contributed by atoms with Gasteiger partial charge in [0.1, 0.15) is 0 Å². The minimum absolute atomic E-state index is 0.478. The normalized spacial score (nSPS) is 24.2. The van der Waals surface area contributed by atoms with Gasteiger partial charge >= 0.3 is 0 Å². The molecule has 0 aromatic carbocycles. The molecule has 0 radical (unpaired) electrons. The van der Waals surface area contributed by atoms with Crippen LogP contribution < -0.4 is 5.73 Å². The first-order chi connectivity index (χ1) is 5.77. The van der Waals surface area contributed by atoms with Crippen LogP contribution in [0.4, 0.5) is 0 Å². The number of nitrogens with zero attached hydrogens (tertiary/aromatic N) is 1. The number of rotatable bonds is 3. The lowest BCUT2D eigenvalue weighted by atomic mass is 10.1. The first-order valence-electron chi connectivity index (χ1n) is 4.74. The predicted octanol–water partition coefficient (Wildman–Crippen LogP) is 0.444. The zero-order valence-corrected chi connectivity index (χ0v) is 8.12. The molecule has 0 unspecified atom stereocenters. The fourth-order valence-corrected chi connectivity index (χ4v) is 1.70. The molecule has 1 saturated heterocycles. The summed E-state index contributed by atoms with van der Waals surface area (Å²) in [6, 6.07) is 0.530. The van der Waals surface area contributed by atoms with Crippen molar-refractivity contribution in [2.75, 3.05) is 26.7 Å². The van der Waals surface area contributed by atoms with Gasteiger partial charge in [-0.05, 0) is 19.8 Å². The maximum Gasteiger partial charge on any atom is 0.0595 e. The van der Waals surface area contributed by atoms with E-state index in [2.05, 4.69) is 11.8 Å². The van der Waals surface area contributed by atoms with Crippen LogP contribution in [0.5, 0.6) is 0 Å². The first kappa shape index (κ1) is 9.96. The van der Waals surface area contributed by atoms with E-state index in [9.17, 15) is 0 Å². The Bertz CT molecular complexity index is 122. The molecule has 0 spiro atoms. The fourth-order valence-electron chi connectivity index (χ4n) is 1.70. The van der Waals surface area contributed by atoms with Gasteiger partial charge in [0.2, 0.25) is 0 Å². The van der Waals surface area contributed by atoms with Gasteiger partial charge in [-0.1, -0.05) is 0 Å². The Labute approximate surface area is 74.9 Å². The molecule has 0 aromatic heterocycles. The molecule has 1 heterocycles. The lowest BCUT2D eigenvalue weighted by Crippen LogP contribution is -2.44. The van der Waals surface area contributed by atoms with Crippen molar-refractivity contribution in [3.05, 3.63) is 0 Å². The summed E-state index contributed by atoms with van der Waals surface area (Å²) in [5, 5.41) is 0. The molecule has 1 aliphatic rings. The smallest absolute Gasteiger partial charge is 0.0595 e. The molecular weight excluding hydrogens is 152 g/mol. The zero-order valence-electron chi connectivity index (χ0n) is 8.12. The molecule has 1 atom stereocenters. The Balaban J connectivity index is 2.25. The van der Waals surface area contributed by atoms with E-state index in [4.69, 9.17) is 10.5 Å². The molecule has 0 aliphatic carbocycles. The molecule has 3 heteroatoms. The van der Waals surface area contributed by atoms with Gasteiger partial charge in [0.25, 0.3) is 0 Å². The minimum Gasteiger partial charge on any atom is -0.381 e. The van der Waals surface area contributed by atoms with Gasteiger partial charge in [-0.3, -0.25) is 4.90 Å². The Hall–Kier alpha value is -0.120. The van der Waals surface area contributed by atoms with Gasteiger partial charge in [0, 0.05) is 32.8 Å². The van der Waals surface area contributed by atoms with Gasteiger partial charge in [0.15, 0.2) is 0 Å². The molecule has 1 aliphatic heterocycles. The van der Waals surface area contributed by atoms with Crippen molar-refractivity contribution >= 4 is 0 Å². The van der Waals surface area contributed by atoms with E-state index in [1.54, 1.807) is 7.11 Å². The third-order valence-corrected chi connectivity index (χ3v) is 2.77. The SMILES string of the molecule is COC1CCN([C@@H](C)CN)CC1. The van der Waals surface area contributed by atoms with E-state index >= 15 is 0 Å². The topological polar surface area (TPSA) is 38.5 Å². The highest BCUT2D eigenvalue weighted by Crippen LogP contribution is 2.14. The van der Waals surface area contributed by atoms with Gasteiger partial charge in [-0.2, -0.15) is 0 Å². The van der Waals surface area contributed by atoms with Crippen molar-refractivity contribution in [3.63, 3.8) is 0 Å². The number of piperidine rings is 1. The number of nitrogens with two attached hydrogens (primary N) is 1. The first-order valence-corrected chi connectivity index (χ1v) is 4.74. The highest BCUT2D eigenvalue weighted by Gasteiger charge is 2.21. The summed E-state index contributed by atoms with van der Waals surface area (Å²) < 4.78 is 5.29. The van der Waals surface area contributed by atoms with E-state index in [-0.39, 0.29) is 0 Å². The Morgan fingerprint density at radius 1 is 1.50 bits per heavy atom. The molecule has 0 aromatic rings. The second kappa shape index (κ2) is 4.80. The van der Waals surface area contributed by atoms with E-state index in [0.29, 0.717) is 12.1 Å². The van der Waals surface area contributed by atoms with Gasteiger partial charge in [-0.25, -0.2) is 0 Å². The van der Waals surface area contributed by atoms with Crippen molar-refractivity contribution in [3.8, 4) is 0 Å². The molecule has 0 saturated carbocycles. The van der Waals surface area contributed by atoms with Crippen LogP contribution in [0.1, 0.15) is 19.8 Å². The number of methoxy groups -OCH3 is 1. The molecule has 3 nitrogen and oxygen atoms in total. The van der Waals surface area contributed by atoms with Crippen LogP contribution in [0.2, 0.25) is 0 Å². The van der Waals surface area contributed by atoms with E-state index in [0.717, 1.165) is 32.5 Å². The van der Waals surface area contributed by atoms with Gasteiger partial charge < -0.3 is 10.5 Å². The lowest BCUT2D eigenvalue weighted by molar-refractivity contribution is 0.0309. The van der Waals surface area contributed by atoms with E-state index in [1.165, 1.54) is 0 Å². The summed E-state index contributed by atoms with van der Waals surface area (Å²) in [6.45, 7) is 5.22. The van der Waals surface area contributed by atoms with Crippen LogP contribution in [0.3, 0.4) is 0 Å². The summed E-state index contributed by atoms with van der Waals surface area (Å²) >= 11 is 0.